The van der Waals surface area contributed by atoms with Crippen LogP contribution in [0.3, 0.4) is 0 Å². The Morgan fingerprint density at radius 1 is 0.812 bits per heavy atom. The lowest BCUT2D eigenvalue weighted by Gasteiger charge is -2.19. The second-order valence-corrected chi connectivity index (χ2v) is 5.95. The van der Waals surface area contributed by atoms with E-state index in [1.807, 2.05) is 41.5 Å². The molecule has 0 amide bonds. The molecule has 4 heteroatoms. The molecule has 0 bridgehead atoms. The summed E-state index contributed by atoms with van der Waals surface area (Å²) in [4.78, 5) is 23.0. The molecule has 0 aromatic carbocycles. The molecule has 0 aromatic rings. The van der Waals surface area contributed by atoms with E-state index in [1.165, 1.54) is 0 Å². The number of Topliss-reactive ketones (excluding diaryl/α,β-unsaturated/α-hetero) is 2. The molecular weight excluding hydrogens is 270 g/mol. The van der Waals surface area contributed by atoms with Crippen LogP contribution in [0.1, 0.15) is 41.5 Å². The van der Waals surface area contributed by atoms with Crippen LogP contribution >= 0.6 is 0 Å². The summed E-state index contributed by atoms with van der Waals surface area (Å²) in [5.41, 5.74) is -0.671. The monoisotopic (exact) mass is 292 g/mol. The van der Waals surface area contributed by atoms with Gasteiger partial charge in [-0.25, -0.2) is 0 Å². The number of hydrogen-bond acceptors (Lipinski definition) is 3. The van der Waals surface area contributed by atoms with Gasteiger partial charge < -0.3 is 22.3 Å². The average molecular weight is 293 g/mol. The normalized spacial score (nSPS) is 11.9. The minimum absolute atomic E-state index is 0. The summed E-state index contributed by atoms with van der Waals surface area (Å²) < 4.78 is 0. The summed E-state index contributed by atoms with van der Waals surface area (Å²) in [6.45, 7) is 11.8. The number of hydrogen-bond donors (Lipinski definition) is 1. The molecule has 96 valence electrons. The third-order valence-electron chi connectivity index (χ3n) is 2.24. The Morgan fingerprint density at radius 2 is 1.06 bits per heavy atom. The lowest BCUT2D eigenvalue weighted by molar-refractivity contribution is -0.126. The molecule has 0 atom stereocenters. The summed E-state index contributed by atoms with van der Waals surface area (Å²) in [5, 5.41) is 2.90. The summed E-state index contributed by atoms with van der Waals surface area (Å²) in [7, 11) is 0. The minimum atomic E-state index is -0.336. The standard InChI is InChI=1S/C12H23NO2.BrH/c1-11(2,3)9(14)7-13-8-10(15)12(4,5)6;/h13H,7-8H2,1-6H3;1H/p-1. The average Bonchev–Trinajstić information content (AvgIpc) is 2.00. The zero-order chi connectivity index (χ0) is 12.3. The molecule has 0 fully saturated rings. The Balaban J connectivity index is 0. The molecule has 0 heterocycles. The van der Waals surface area contributed by atoms with Gasteiger partial charge in [0.25, 0.3) is 0 Å². The maximum Gasteiger partial charge on any atom is 0.151 e. The predicted octanol–water partition coefficient (Wildman–Crippen LogP) is -1.19. The van der Waals surface area contributed by atoms with Gasteiger partial charge in [-0.3, -0.25) is 9.59 Å². The van der Waals surface area contributed by atoms with Crippen LogP contribution in [0.4, 0.5) is 0 Å². The van der Waals surface area contributed by atoms with Gasteiger partial charge in [0.15, 0.2) is 11.6 Å². The van der Waals surface area contributed by atoms with Gasteiger partial charge >= 0.3 is 0 Å². The fourth-order valence-corrected chi connectivity index (χ4v) is 0.820. The third-order valence-corrected chi connectivity index (χ3v) is 2.24. The van der Waals surface area contributed by atoms with Gasteiger partial charge in [-0.05, 0) is 0 Å². The van der Waals surface area contributed by atoms with Crippen LogP contribution in [0.25, 0.3) is 0 Å². The highest BCUT2D eigenvalue weighted by molar-refractivity contribution is 5.88. The van der Waals surface area contributed by atoms with Gasteiger partial charge in [0.2, 0.25) is 0 Å². The number of halogens is 1. The fraction of sp³-hybridized carbons (Fsp3) is 0.833. The van der Waals surface area contributed by atoms with E-state index in [1.54, 1.807) is 0 Å². The van der Waals surface area contributed by atoms with Crippen molar-refractivity contribution in [1.82, 2.24) is 5.32 Å². The van der Waals surface area contributed by atoms with E-state index in [4.69, 9.17) is 0 Å². The van der Waals surface area contributed by atoms with Gasteiger partial charge in [-0.15, -0.1) is 0 Å². The van der Waals surface area contributed by atoms with Crippen LogP contribution in [-0.2, 0) is 9.59 Å². The smallest absolute Gasteiger partial charge is 0.151 e. The molecule has 0 aromatic heterocycles. The van der Waals surface area contributed by atoms with E-state index < -0.39 is 0 Å². The predicted molar refractivity (Wildman–Crippen MR) is 61.8 cm³/mol. The summed E-state index contributed by atoms with van der Waals surface area (Å²) in [6.07, 6.45) is 0. The molecule has 0 saturated heterocycles. The van der Waals surface area contributed by atoms with Crippen molar-refractivity contribution >= 4 is 11.6 Å². The van der Waals surface area contributed by atoms with Crippen molar-refractivity contribution in [2.24, 2.45) is 10.8 Å². The van der Waals surface area contributed by atoms with Crippen LogP contribution in [0.5, 0.6) is 0 Å². The number of carbonyl (C=O) groups is 2. The number of nitrogens with one attached hydrogen (secondary N) is 1. The number of rotatable bonds is 4. The second kappa shape index (κ2) is 6.50. The van der Waals surface area contributed by atoms with Crippen LogP contribution < -0.4 is 22.3 Å². The Kier molecular flexibility index (Phi) is 7.37. The molecule has 3 nitrogen and oxygen atoms in total. The van der Waals surface area contributed by atoms with Crippen molar-refractivity contribution in [3.05, 3.63) is 0 Å². The lowest BCUT2D eigenvalue weighted by Crippen LogP contribution is -3.00. The highest BCUT2D eigenvalue weighted by atomic mass is 79.9. The maximum absolute atomic E-state index is 11.5. The van der Waals surface area contributed by atoms with Crippen LogP contribution in [0.15, 0.2) is 0 Å². The Labute approximate surface area is 109 Å². The van der Waals surface area contributed by atoms with Crippen molar-refractivity contribution in [3.8, 4) is 0 Å². The number of ketones is 2. The third kappa shape index (κ3) is 7.12. The quantitative estimate of drug-likeness (QED) is 0.709. The van der Waals surface area contributed by atoms with Gasteiger partial charge in [0.1, 0.15) is 0 Å². The van der Waals surface area contributed by atoms with E-state index in [0.29, 0.717) is 0 Å². The second-order valence-electron chi connectivity index (χ2n) is 5.95. The molecule has 1 N–H and O–H groups in total. The molecular formula is C12H23BrNO2-. The van der Waals surface area contributed by atoms with Crippen molar-refractivity contribution < 1.29 is 26.6 Å². The summed E-state index contributed by atoms with van der Waals surface area (Å²) in [5.74, 6) is 0.258. The zero-order valence-corrected chi connectivity index (χ0v) is 12.7. The lowest BCUT2D eigenvalue weighted by atomic mass is 9.89. The zero-order valence-electron chi connectivity index (χ0n) is 11.1. The van der Waals surface area contributed by atoms with Crippen LogP contribution in [-0.4, -0.2) is 24.7 Å². The van der Waals surface area contributed by atoms with Crippen LogP contribution in [0, 0.1) is 10.8 Å². The van der Waals surface area contributed by atoms with E-state index in [9.17, 15) is 9.59 Å². The largest absolute Gasteiger partial charge is 1.00 e. The van der Waals surface area contributed by atoms with E-state index in [-0.39, 0.29) is 52.5 Å². The molecule has 16 heavy (non-hydrogen) atoms. The van der Waals surface area contributed by atoms with Crippen molar-refractivity contribution in [2.45, 2.75) is 41.5 Å². The molecule has 0 aliphatic carbocycles. The first kappa shape index (κ1) is 18.2. The topological polar surface area (TPSA) is 46.2 Å². The van der Waals surface area contributed by atoms with Gasteiger partial charge in [-0.1, -0.05) is 41.5 Å². The van der Waals surface area contributed by atoms with Crippen molar-refractivity contribution in [2.75, 3.05) is 13.1 Å². The Bertz CT molecular complexity index is 223. The van der Waals surface area contributed by atoms with E-state index >= 15 is 0 Å². The SMILES string of the molecule is CC(C)(C)C(=O)CNCC(=O)C(C)(C)C.[Br-]. The summed E-state index contributed by atoms with van der Waals surface area (Å²) in [6, 6.07) is 0. The van der Waals surface area contributed by atoms with Crippen molar-refractivity contribution in [1.29, 1.82) is 0 Å². The summed E-state index contributed by atoms with van der Waals surface area (Å²) >= 11 is 0. The van der Waals surface area contributed by atoms with Crippen molar-refractivity contribution in [3.63, 3.8) is 0 Å². The molecule has 0 radical (unpaired) electrons. The molecule has 0 unspecified atom stereocenters. The minimum Gasteiger partial charge on any atom is -1.00 e. The van der Waals surface area contributed by atoms with E-state index in [2.05, 4.69) is 5.32 Å². The van der Waals surface area contributed by atoms with Gasteiger partial charge in [0.05, 0.1) is 13.1 Å². The van der Waals surface area contributed by atoms with Crippen LogP contribution in [0.2, 0.25) is 0 Å². The first-order valence-corrected chi connectivity index (χ1v) is 5.32. The van der Waals surface area contributed by atoms with Gasteiger partial charge in [-0.2, -0.15) is 0 Å². The first-order valence-electron chi connectivity index (χ1n) is 5.32. The first-order chi connectivity index (χ1) is 6.55. The highest BCUT2D eigenvalue weighted by Gasteiger charge is 2.23. The van der Waals surface area contributed by atoms with E-state index in [0.717, 1.165) is 0 Å². The fourth-order valence-electron chi connectivity index (χ4n) is 0.820. The molecule has 0 saturated carbocycles. The maximum atomic E-state index is 11.5. The molecule has 0 aliphatic rings. The number of carbonyl (C=O) groups excluding carboxylic acids is 2. The Hall–Kier alpha value is -0.220. The highest BCUT2D eigenvalue weighted by Crippen LogP contribution is 2.15. The molecule has 0 spiro atoms. The molecule has 0 aliphatic heterocycles. The molecule has 0 rings (SSSR count). The van der Waals surface area contributed by atoms with Gasteiger partial charge in [0, 0.05) is 10.8 Å². The Morgan fingerprint density at radius 3 is 1.25 bits per heavy atom.